The molecule has 0 spiro atoms. The summed E-state index contributed by atoms with van der Waals surface area (Å²) in [6.07, 6.45) is 0. The van der Waals surface area contributed by atoms with E-state index >= 15 is 0 Å². The maximum atomic E-state index is 13.4. The van der Waals surface area contributed by atoms with Gasteiger partial charge in [0.25, 0.3) is 0 Å². The summed E-state index contributed by atoms with van der Waals surface area (Å²) in [4.78, 5) is 10.5. The zero-order valence-electron chi connectivity index (χ0n) is 8.15. The van der Waals surface area contributed by atoms with Gasteiger partial charge in [-0.2, -0.15) is 0 Å². The molecule has 0 aliphatic heterocycles. The first kappa shape index (κ1) is 11.1. The van der Waals surface area contributed by atoms with Gasteiger partial charge in [0.1, 0.15) is 11.5 Å². The van der Waals surface area contributed by atoms with E-state index in [1.807, 2.05) is 0 Å². The maximum absolute atomic E-state index is 13.4. The number of carboxylic acid groups (broad SMARTS) is 1. The third-order valence-electron chi connectivity index (χ3n) is 2.03. The summed E-state index contributed by atoms with van der Waals surface area (Å²) in [5.41, 5.74) is -0.463. The fraction of sp³-hybridized carbons (Fsp3) is 0. The van der Waals surface area contributed by atoms with Crippen LogP contribution in [0.3, 0.4) is 0 Å². The van der Waals surface area contributed by atoms with Crippen molar-refractivity contribution in [1.29, 1.82) is 0 Å². The van der Waals surface area contributed by atoms with Crippen molar-refractivity contribution in [2.45, 2.75) is 0 Å². The number of aromatic carboxylic acids is 1. The lowest BCUT2D eigenvalue weighted by Crippen LogP contribution is -1.92. The number of aromatic nitrogens is 1. The van der Waals surface area contributed by atoms with E-state index in [4.69, 9.17) is 10.2 Å². The molecule has 1 aromatic carbocycles. The summed E-state index contributed by atoms with van der Waals surface area (Å²) >= 11 is 0. The highest BCUT2D eigenvalue weighted by atomic mass is 19.1. The normalized spacial score (nSPS) is 10.5. The number of carbonyl (C=O) groups is 1. The Morgan fingerprint density at radius 2 is 1.94 bits per heavy atom. The maximum Gasteiger partial charge on any atom is 0.374 e. The molecule has 2 N–H and O–H groups in total. The molecule has 0 aliphatic rings. The molecule has 0 unspecified atom stereocenters. The SMILES string of the molecule is O=C(O)c1cc(-c2cc(F)c(O)cc2F)no1. The number of hydrogen-bond donors (Lipinski definition) is 2. The lowest BCUT2D eigenvalue weighted by molar-refractivity contribution is 0.0652. The van der Waals surface area contributed by atoms with Crippen LogP contribution in [0.4, 0.5) is 8.78 Å². The smallest absolute Gasteiger partial charge is 0.374 e. The molecule has 1 heterocycles. The van der Waals surface area contributed by atoms with Crippen LogP contribution in [0.15, 0.2) is 22.7 Å². The highest BCUT2D eigenvalue weighted by Gasteiger charge is 2.17. The van der Waals surface area contributed by atoms with Crippen molar-refractivity contribution in [3.63, 3.8) is 0 Å². The van der Waals surface area contributed by atoms with Gasteiger partial charge in [0.2, 0.25) is 5.76 Å². The number of nitrogens with zero attached hydrogens (tertiary/aromatic N) is 1. The Kier molecular flexibility index (Phi) is 2.51. The van der Waals surface area contributed by atoms with E-state index in [9.17, 15) is 13.6 Å². The number of carboxylic acids is 1. The van der Waals surface area contributed by atoms with E-state index in [0.29, 0.717) is 12.1 Å². The molecule has 0 fully saturated rings. The molecule has 0 saturated carbocycles. The molecule has 0 aliphatic carbocycles. The minimum atomic E-state index is -1.37. The van der Waals surface area contributed by atoms with Crippen molar-refractivity contribution >= 4 is 5.97 Å². The number of aromatic hydroxyl groups is 1. The van der Waals surface area contributed by atoms with Crippen LogP contribution in [0.5, 0.6) is 5.75 Å². The van der Waals surface area contributed by atoms with Crippen molar-refractivity contribution in [3.8, 4) is 17.0 Å². The largest absolute Gasteiger partial charge is 0.505 e. The van der Waals surface area contributed by atoms with Gasteiger partial charge in [0.15, 0.2) is 11.6 Å². The van der Waals surface area contributed by atoms with Crippen LogP contribution in [-0.4, -0.2) is 21.3 Å². The van der Waals surface area contributed by atoms with E-state index in [1.165, 1.54) is 0 Å². The van der Waals surface area contributed by atoms with Crippen molar-refractivity contribution < 1.29 is 28.3 Å². The number of benzene rings is 1. The van der Waals surface area contributed by atoms with Crippen molar-refractivity contribution in [2.24, 2.45) is 0 Å². The zero-order valence-corrected chi connectivity index (χ0v) is 8.15. The molecule has 17 heavy (non-hydrogen) atoms. The second-order valence-corrected chi connectivity index (χ2v) is 3.17. The first-order valence-corrected chi connectivity index (χ1v) is 4.37. The number of rotatable bonds is 2. The first-order valence-electron chi connectivity index (χ1n) is 4.37. The number of phenolic OH excluding ortho intramolecular Hbond substituents is 1. The van der Waals surface area contributed by atoms with Crippen LogP contribution in [0, 0.1) is 11.6 Å². The number of phenols is 1. The fourth-order valence-electron chi connectivity index (χ4n) is 1.24. The van der Waals surface area contributed by atoms with E-state index in [1.54, 1.807) is 0 Å². The van der Waals surface area contributed by atoms with Crippen molar-refractivity contribution in [1.82, 2.24) is 5.16 Å². The van der Waals surface area contributed by atoms with Crippen LogP contribution >= 0.6 is 0 Å². The molecule has 5 nitrogen and oxygen atoms in total. The summed E-state index contributed by atoms with van der Waals surface area (Å²) in [5.74, 6) is -4.68. The van der Waals surface area contributed by atoms with Gasteiger partial charge in [-0.3, -0.25) is 0 Å². The van der Waals surface area contributed by atoms with Crippen LogP contribution < -0.4 is 0 Å². The van der Waals surface area contributed by atoms with E-state index in [2.05, 4.69) is 9.68 Å². The molecule has 2 rings (SSSR count). The van der Waals surface area contributed by atoms with Crippen LogP contribution in [0.1, 0.15) is 10.6 Å². The highest BCUT2D eigenvalue weighted by Crippen LogP contribution is 2.27. The van der Waals surface area contributed by atoms with Gasteiger partial charge in [-0.1, -0.05) is 5.16 Å². The van der Waals surface area contributed by atoms with Gasteiger partial charge in [0.05, 0.1) is 0 Å². The highest BCUT2D eigenvalue weighted by molar-refractivity contribution is 5.85. The van der Waals surface area contributed by atoms with Gasteiger partial charge < -0.3 is 14.7 Å². The molecule has 88 valence electrons. The molecular weight excluding hydrogens is 236 g/mol. The Labute approximate surface area is 92.9 Å². The molecule has 0 radical (unpaired) electrons. The van der Waals surface area contributed by atoms with Crippen LogP contribution in [-0.2, 0) is 0 Å². The first-order chi connectivity index (χ1) is 7.99. The van der Waals surface area contributed by atoms with Gasteiger partial charge in [0, 0.05) is 17.7 Å². The number of hydrogen-bond acceptors (Lipinski definition) is 4. The van der Waals surface area contributed by atoms with E-state index in [-0.39, 0.29) is 11.3 Å². The monoisotopic (exact) mass is 241 g/mol. The van der Waals surface area contributed by atoms with Crippen molar-refractivity contribution in [2.75, 3.05) is 0 Å². The molecule has 1 aromatic heterocycles. The van der Waals surface area contributed by atoms with Crippen molar-refractivity contribution in [3.05, 3.63) is 35.6 Å². The molecule has 0 amide bonds. The third-order valence-corrected chi connectivity index (χ3v) is 2.03. The summed E-state index contributed by atoms with van der Waals surface area (Å²) < 4.78 is 30.8. The Balaban J connectivity index is 2.52. The summed E-state index contributed by atoms with van der Waals surface area (Å²) in [5, 5.41) is 20.8. The zero-order chi connectivity index (χ0) is 12.6. The third kappa shape index (κ3) is 1.94. The fourth-order valence-corrected chi connectivity index (χ4v) is 1.24. The average molecular weight is 241 g/mol. The summed E-state index contributed by atoms with van der Waals surface area (Å²) in [6.45, 7) is 0. The van der Waals surface area contributed by atoms with Gasteiger partial charge >= 0.3 is 5.97 Å². The van der Waals surface area contributed by atoms with Crippen LogP contribution in [0.2, 0.25) is 0 Å². The summed E-state index contributed by atoms with van der Waals surface area (Å²) in [7, 11) is 0. The summed E-state index contributed by atoms with van der Waals surface area (Å²) in [6, 6.07) is 2.23. The lowest BCUT2D eigenvalue weighted by atomic mass is 10.1. The van der Waals surface area contributed by atoms with E-state index < -0.39 is 29.1 Å². The molecule has 0 saturated heterocycles. The van der Waals surface area contributed by atoms with E-state index in [0.717, 1.165) is 6.07 Å². The Hall–Kier alpha value is -2.44. The molecule has 7 heteroatoms. The van der Waals surface area contributed by atoms with Crippen LogP contribution in [0.25, 0.3) is 11.3 Å². The Morgan fingerprint density at radius 1 is 1.24 bits per heavy atom. The minimum absolute atomic E-state index is 0.168. The second-order valence-electron chi connectivity index (χ2n) is 3.17. The van der Waals surface area contributed by atoms with Gasteiger partial charge in [-0.05, 0) is 6.07 Å². The minimum Gasteiger partial charge on any atom is -0.505 e. The quantitative estimate of drug-likeness (QED) is 0.840. The van der Waals surface area contributed by atoms with Gasteiger partial charge in [-0.15, -0.1) is 0 Å². The molecular formula is C10H5F2NO4. The molecule has 0 atom stereocenters. The predicted octanol–water partition coefficient (Wildman–Crippen LogP) is 2.02. The number of halogens is 2. The molecule has 2 aromatic rings. The average Bonchev–Trinajstić information content (AvgIpc) is 2.72. The van der Waals surface area contributed by atoms with Gasteiger partial charge in [-0.25, -0.2) is 13.6 Å². The topological polar surface area (TPSA) is 83.6 Å². The Bertz CT molecular complexity index is 594. The predicted molar refractivity (Wildman–Crippen MR) is 50.5 cm³/mol. The molecule has 0 bridgehead atoms. The Morgan fingerprint density at radius 3 is 2.53 bits per heavy atom. The standard InChI is InChI=1S/C10H5F2NO4/c11-5-2-8(14)6(12)1-4(5)7-3-9(10(15)16)17-13-7/h1-3,14H,(H,15,16). The lowest BCUT2D eigenvalue weighted by Gasteiger charge is -2.00. The second kappa shape index (κ2) is 3.85.